The van der Waals surface area contributed by atoms with E-state index in [1.54, 1.807) is 0 Å². The van der Waals surface area contributed by atoms with Crippen LogP contribution in [0.3, 0.4) is 0 Å². The molecule has 1 saturated heterocycles. The Morgan fingerprint density at radius 1 is 1.33 bits per heavy atom. The molecule has 18 heavy (non-hydrogen) atoms. The molecule has 0 aromatic heterocycles. The maximum absolute atomic E-state index is 12.2. The second kappa shape index (κ2) is 7.74. The van der Waals surface area contributed by atoms with Crippen LogP contribution < -0.4 is 5.73 Å². The van der Waals surface area contributed by atoms with Crippen LogP contribution in [0.1, 0.15) is 40.0 Å². The predicted octanol–water partition coefficient (Wildman–Crippen LogP) is 1.30. The maximum Gasteiger partial charge on any atom is 0.225 e. The van der Waals surface area contributed by atoms with Gasteiger partial charge in [0.1, 0.15) is 0 Å². The van der Waals surface area contributed by atoms with Crippen molar-refractivity contribution >= 4 is 5.91 Å². The van der Waals surface area contributed by atoms with Gasteiger partial charge in [0.05, 0.1) is 0 Å². The molecule has 0 aromatic carbocycles. The first-order valence-electron chi connectivity index (χ1n) is 7.36. The van der Waals surface area contributed by atoms with Crippen LogP contribution in [0, 0.1) is 5.92 Å². The fourth-order valence-electron chi connectivity index (χ4n) is 2.88. The van der Waals surface area contributed by atoms with Crippen molar-refractivity contribution in [2.45, 2.75) is 46.1 Å². The molecule has 0 aromatic rings. The fraction of sp³-hybridized carbons (Fsp3) is 0.929. The molecule has 0 spiro atoms. The predicted molar refractivity (Wildman–Crippen MR) is 75.4 cm³/mol. The maximum atomic E-state index is 12.2. The molecule has 1 unspecified atom stereocenters. The summed E-state index contributed by atoms with van der Waals surface area (Å²) in [5.74, 6) is 0.374. The Balaban J connectivity index is 2.41. The van der Waals surface area contributed by atoms with Crippen LogP contribution in [-0.2, 0) is 4.79 Å². The second-order valence-electron chi connectivity index (χ2n) is 5.26. The molecule has 1 rings (SSSR count). The number of nitrogens with zero attached hydrogens (tertiary/aromatic N) is 2. The summed E-state index contributed by atoms with van der Waals surface area (Å²) in [6, 6.07) is 0.661. The molecule has 1 aliphatic rings. The van der Waals surface area contributed by atoms with E-state index in [2.05, 4.69) is 18.7 Å². The molecule has 1 heterocycles. The first-order valence-corrected chi connectivity index (χ1v) is 7.36. The molecule has 4 heteroatoms. The zero-order chi connectivity index (χ0) is 13.5. The van der Waals surface area contributed by atoms with Crippen LogP contribution in [-0.4, -0.2) is 54.5 Å². The Kier molecular flexibility index (Phi) is 6.65. The number of carbonyl (C=O) groups is 1. The zero-order valence-electron chi connectivity index (χ0n) is 12.2. The van der Waals surface area contributed by atoms with Gasteiger partial charge < -0.3 is 15.5 Å². The van der Waals surface area contributed by atoms with E-state index in [-0.39, 0.29) is 5.92 Å². The van der Waals surface area contributed by atoms with E-state index in [1.165, 1.54) is 0 Å². The van der Waals surface area contributed by atoms with E-state index in [4.69, 9.17) is 5.73 Å². The van der Waals surface area contributed by atoms with Crippen molar-refractivity contribution in [3.8, 4) is 0 Å². The topological polar surface area (TPSA) is 49.6 Å². The molecule has 1 fully saturated rings. The van der Waals surface area contributed by atoms with Gasteiger partial charge >= 0.3 is 0 Å². The van der Waals surface area contributed by atoms with Crippen molar-refractivity contribution in [1.29, 1.82) is 0 Å². The summed E-state index contributed by atoms with van der Waals surface area (Å²) in [6.45, 7) is 11.1. The van der Waals surface area contributed by atoms with Crippen molar-refractivity contribution in [2.24, 2.45) is 11.7 Å². The van der Waals surface area contributed by atoms with Gasteiger partial charge in [-0.1, -0.05) is 20.8 Å². The van der Waals surface area contributed by atoms with Gasteiger partial charge in [-0.25, -0.2) is 0 Å². The first kappa shape index (κ1) is 15.4. The van der Waals surface area contributed by atoms with Gasteiger partial charge in [-0.05, 0) is 38.9 Å². The van der Waals surface area contributed by atoms with Crippen molar-refractivity contribution in [3.05, 3.63) is 0 Å². The minimum atomic E-state index is 0.0833. The number of likely N-dealkylation sites (tertiary alicyclic amines) is 1. The minimum absolute atomic E-state index is 0.0833. The molecule has 1 atom stereocenters. The van der Waals surface area contributed by atoms with E-state index < -0.39 is 0 Å². The van der Waals surface area contributed by atoms with Gasteiger partial charge in [0.15, 0.2) is 0 Å². The molecule has 0 aliphatic carbocycles. The summed E-state index contributed by atoms with van der Waals surface area (Å²) in [5, 5.41) is 0. The van der Waals surface area contributed by atoms with E-state index in [0.29, 0.717) is 18.5 Å². The molecular formula is C14H29N3O. The average molecular weight is 255 g/mol. The lowest BCUT2D eigenvalue weighted by Crippen LogP contribution is -2.48. The number of amides is 1. The number of hydrogen-bond acceptors (Lipinski definition) is 3. The lowest BCUT2D eigenvalue weighted by Gasteiger charge is -2.38. The second-order valence-corrected chi connectivity index (χ2v) is 5.26. The van der Waals surface area contributed by atoms with Crippen molar-refractivity contribution in [1.82, 2.24) is 9.80 Å². The largest absolute Gasteiger partial charge is 0.342 e. The average Bonchev–Trinajstić information content (AvgIpc) is 2.40. The molecule has 0 bridgehead atoms. The van der Waals surface area contributed by atoms with E-state index in [1.807, 2.05) is 11.8 Å². The molecule has 0 saturated carbocycles. The summed E-state index contributed by atoms with van der Waals surface area (Å²) < 4.78 is 0. The lowest BCUT2D eigenvalue weighted by atomic mass is 10.00. The smallest absolute Gasteiger partial charge is 0.225 e. The van der Waals surface area contributed by atoms with E-state index in [9.17, 15) is 4.79 Å². The third kappa shape index (κ3) is 3.95. The quantitative estimate of drug-likeness (QED) is 0.778. The van der Waals surface area contributed by atoms with Crippen LogP contribution in [0.15, 0.2) is 0 Å². The highest BCUT2D eigenvalue weighted by molar-refractivity contribution is 5.78. The Hall–Kier alpha value is -0.610. The summed E-state index contributed by atoms with van der Waals surface area (Å²) in [4.78, 5) is 16.7. The standard InChI is InChI=1S/C14H29N3O/c1-4-16(5-2)13-7-10-17(11-8-13)14(18)12(3)6-9-15/h12-13H,4-11,15H2,1-3H3. The highest BCUT2D eigenvalue weighted by Crippen LogP contribution is 2.18. The summed E-state index contributed by atoms with van der Waals surface area (Å²) in [5.41, 5.74) is 5.52. The van der Waals surface area contributed by atoms with Gasteiger partial charge in [-0.3, -0.25) is 4.79 Å². The van der Waals surface area contributed by atoms with Gasteiger partial charge in [0.25, 0.3) is 0 Å². The van der Waals surface area contributed by atoms with Crippen LogP contribution >= 0.6 is 0 Å². The van der Waals surface area contributed by atoms with Crippen molar-refractivity contribution < 1.29 is 4.79 Å². The van der Waals surface area contributed by atoms with Gasteiger partial charge in [-0.15, -0.1) is 0 Å². The Bertz CT molecular complexity index is 245. The molecule has 106 valence electrons. The monoisotopic (exact) mass is 255 g/mol. The lowest BCUT2D eigenvalue weighted by molar-refractivity contribution is -0.136. The third-order valence-corrected chi connectivity index (χ3v) is 4.13. The SMILES string of the molecule is CCN(CC)C1CCN(C(=O)C(C)CCN)CC1. The molecular weight excluding hydrogens is 226 g/mol. The van der Waals surface area contributed by atoms with Crippen LogP contribution in [0.25, 0.3) is 0 Å². The third-order valence-electron chi connectivity index (χ3n) is 4.13. The number of nitrogens with two attached hydrogens (primary N) is 1. The zero-order valence-corrected chi connectivity index (χ0v) is 12.2. The molecule has 1 amide bonds. The fourth-order valence-corrected chi connectivity index (χ4v) is 2.88. The Labute approximate surface area is 111 Å². The molecule has 0 radical (unpaired) electrons. The van der Waals surface area contributed by atoms with Crippen LogP contribution in [0.4, 0.5) is 0 Å². The van der Waals surface area contributed by atoms with Gasteiger partial charge in [-0.2, -0.15) is 0 Å². The minimum Gasteiger partial charge on any atom is -0.342 e. The van der Waals surface area contributed by atoms with Gasteiger partial charge in [0.2, 0.25) is 5.91 Å². The molecule has 1 aliphatic heterocycles. The highest BCUT2D eigenvalue weighted by atomic mass is 16.2. The summed E-state index contributed by atoms with van der Waals surface area (Å²) in [7, 11) is 0. The highest BCUT2D eigenvalue weighted by Gasteiger charge is 2.27. The van der Waals surface area contributed by atoms with Crippen molar-refractivity contribution in [3.63, 3.8) is 0 Å². The van der Waals surface area contributed by atoms with Crippen LogP contribution in [0.2, 0.25) is 0 Å². The van der Waals surface area contributed by atoms with E-state index in [0.717, 1.165) is 45.4 Å². The number of hydrogen-bond donors (Lipinski definition) is 1. The van der Waals surface area contributed by atoms with Crippen molar-refractivity contribution in [2.75, 3.05) is 32.7 Å². The molecule has 4 nitrogen and oxygen atoms in total. The number of carbonyl (C=O) groups excluding carboxylic acids is 1. The number of rotatable bonds is 6. The molecule has 2 N–H and O–H groups in total. The summed E-state index contributed by atoms with van der Waals surface area (Å²) >= 11 is 0. The first-order chi connectivity index (χ1) is 8.63. The van der Waals surface area contributed by atoms with E-state index >= 15 is 0 Å². The normalized spacial score (nSPS) is 19.3. The Morgan fingerprint density at radius 3 is 2.33 bits per heavy atom. The summed E-state index contributed by atoms with van der Waals surface area (Å²) in [6.07, 6.45) is 3.03. The Morgan fingerprint density at radius 2 is 1.89 bits per heavy atom. The number of piperidine rings is 1. The van der Waals surface area contributed by atoms with Crippen LogP contribution in [0.5, 0.6) is 0 Å². The van der Waals surface area contributed by atoms with Gasteiger partial charge in [0, 0.05) is 25.0 Å².